The molecule has 3 aliphatic heterocycles. The SMILES string of the molecule is COc1cc(-c2cn(C)c(=O)c3cnccc23)cc(Cl)c1CN1CCC(C2CCN(c3ccc(NC4CCC(=O)NC4=O)nc3)CC2)C(F)(F)C1. The van der Waals surface area contributed by atoms with E-state index in [2.05, 4.69) is 25.5 Å². The molecule has 3 aliphatic rings. The van der Waals surface area contributed by atoms with Gasteiger partial charge in [-0.2, -0.15) is 0 Å². The maximum absolute atomic E-state index is 15.9. The number of imide groups is 1. The van der Waals surface area contributed by atoms with E-state index >= 15 is 8.78 Å². The molecule has 0 radical (unpaired) electrons. The maximum Gasteiger partial charge on any atom is 0.263 e. The number of anilines is 2. The number of carbonyl (C=O) groups excluding carboxylic acids is 2. The lowest BCUT2D eigenvalue weighted by Crippen LogP contribution is -2.52. The van der Waals surface area contributed by atoms with Crippen LogP contribution in [-0.2, 0) is 23.2 Å². The van der Waals surface area contributed by atoms with Crippen molar-refractivity contribution in [2.24, 2.45) is 18.9 Å². The number of hydrogen-bond acceptors (Lipinski definition) is 9. The molecule has 2 unspecified atom stereocenters. The summed E-state index contributed by atoms with van der Waals surface area (Å²) in [5, 5.41) is 7.04. The fourth-order valence-corrected chi connectivity index (χ4v) is 8.11. The van der Waals surface area contributed by atoms with Crippen LogP contribution in [0.2, 0.25) is 5.02 Å². The number of nitrogens with one attached hydrogen (secondary N) is 2. The van der Waals surface area contributed by atoms with Crippen LogP contribution in [-0.4, -0.2) is 76.5 Å². The highest BCUT2D eigenvalue weighted by Crippen LogP contribution is 2.44. The Morgan fingerprint density at radius 3 is 2.55 bits per heavy atom. The molecular formula is C37H40ClF2N7O4. The van der Waals surface area contributed by atoms with Crippen molar-refractivity contribution >= 4 is 45.7 Å². The predicted octanol–water partition coefficient (Wildman–Crippen LogP) is 5.25. The smallest absolute Gasteiger partial charge is 0.263 e. The first-order valence-electron chi connectivity index (χ1n) is 17.2. The number of nitrogens with zero attached hydrogens (tertiary/aromatic N) is 5. The monoisotopic (exact) mass is 719 g/mol. The van der Waals surface area contributed by atoms with Crippen LogP contribution < -0.4 is 25.8 Å². The van der Waals surface area contributed by atoms with Gasteiger partial charge in [0, 0.05) is 73.8 Å². The summed E-state index contributed by atoms with van der Waals surface area (Å²) < 4.78 is 39.0. The first-order chi connectivity index (χ1) is 24.5. The van der Waals surface area contributed by atoms with E-state index in [0.29, 0.717) is 72.9 Å². The molecule has 2 amide bonds. The third-order valence-corrected chi connectivity index (χ3v) is 10.9. The second kappa shape index (κ2) is 14.2. The van der Waals surface area contributed by atoms with E-state index in [9.17, 15) is 14.4 Å². The molecule has 3 aromatic heterocycles. The number of likely N-dealkylation sites (tertiary alicyclic amines) is 1. The zero-order valence-electron chi connectivity index (χ0n) is 28.5. The second-order valence-electron chi connectivity index (χ2n) is 13.8. The summed E-state index contributed by atoms with van der Waals surface area (Å²) in [6, 6.07) is 8.64. The number of benzene rings is 1. The molecule has 0 spiro atoms. The van der Waals surface area contributed by atoms with Crippen LogP contribution in [0.15, 0.2) is 59.9 Å². The van der Waals surface area contributed by atoms with Crippen LogP contribution in [0.1, 0.15) is 37.7 Å². The Morgan fingerprint density at radius 1 is 1.04 bits per heavy atom. The average Bonchev–Trinajstić information content (AvgIpc) is 3.12. The molecule has 0 saturated carbocycles. The highest BCUT2D eigenvalue weighted by atomic mass is 35.5. The summed E-state index contributed by atoms with van der Waals surface area (Å²) in [5.74, 6) is -3.25. The van der Waals surface area contributed by atoms with E-state index in [4.69, 9.17) is 16.3 Å². The fraction of sp³-hybridized carbons (Fsp3) is 0.432. The van der Waals surface area contributed by atoms with Gasteiger partial charge >= 0.3 is 0 Å². The minimum atomic E-state index is -2.86. The largest absolute Gasteiger partial charge is 0.496 e. The van der Waals surface area contributed by atoms with Crippen LogP contribution in [0.4, 0.5) is 20.3 Å². The topological polar surface area (TPSA) is 122 Å². The molecule has 4 aromatic rings. The summed E-state index contributed by atoms with van der Waals surface area (Å²) in [6.07, 6.45) is 9.06. The van der Waals surface area contributed by atoms with E-state index < -0.39 is 17.9 Å². The molecule has 51 heavy (non-hydrogen) atoms. The number of hydrogen-bond donors (Lipinski definition) is 2. The van der Waals surface area contributed by atoms with Crippen molar-refractivity contribution in [2.45, 2.75) is 50.6 Å². The third kappa shape index (κ3) is 7.14. The lowest BCUT2D eigenvalue weighted by molar-refractivity contribution is -0.134. The molecule has 2 N–H and O–H groups in total. The minimum Gasteiger partial charge on any atom is -0.496 e. The highest BCUT2D eigenvalue weighted by molar-refractivity contribution is 6.32. The number of fused-ring (bicyclic) bond motifs is 1. The first-order valence-corrected chi connectivity index (χ1v) is 17.6. The van der Waals surface area contributed by atoms with Gasteiger partial charge in [-0.05, 0) is 79.4 Å². The number of pyridine rings is 3. The summed E-state index contributed by atoms with van der Waals surface area (Å²) >= 11 is 6.84. The van der Waals surface area contributed by atoms with Gasteiger partial charge in [-0.1, -0.05) is 11.6 Å². The molecule has 1 aromatic carbocycles. The molecule has 2 atom stereocenters. The Bertz CT molecular complexity index is 2020. The Morgan fingerprint density at radius 2 is 1.84 bits per heavy atom. The Kier molecular flexibility index (Phi) is 9.68. The summed E-state index contributed by atoms with van der Waals surface area (Å²) in [7, 11) is 3.22. The van der Waals surface area contributed by atoms with Crippen molar-refractivity contribution in [1.29, 1.82) is 0 Å². The van der Waals surface area contributed by atoms with Crippen LogP contribution in [0.25, 0.3) is 21.9 Å². The normalized spacial score (nSPS) is 21.5. The molecular weight excluding hydrogens is 680 g/mol. The van der Waals surface area contributed by atoms with E-state index in [0.717, 1.165) is 22.2 Å². The standard InChI is InChI=1S/C37H40ClF2N7O4/c1-45-19-27(25-7-11-41-18-26(25)36(45)50)23-15-30(38)28(32(16-23)51-2)20-46-12-10-29(37(39,40)21-46)22-8-13-47(14-9-22)24-3-5-33(42-17-24)43-31-4-6-34(48)44-35(31)49/h3,5,7,11,15-19,22,29,31H,4,6,8-10,12-14,20-21H2,1-2H3,(H,42,43)(H,44,48,49). The van der Waals surface area contributed by atoms with Gasteiger partial charge in [0.1, 0.15) is 17.6 Å². The van der Waals surface area contributed by atoms with Gasteiger partial charge in [0.15, 0.2) is 0 Å². The van der Waals surface area contributed by atoms with Crippen LogP contribution in [0.3, 0.4) is 0 Å². The maximum atomic E-state index is 15.9. The second-order valence-corrected chi connectivity index (χ2v) is 14.2. The molecule has 3 fully saturated rings. The zero-order chi connectivity index (χ0) is 35.9. The fourth-order valence-electron chi connectivity index (χ4n) is 7.84. The van der Waals surface area contributed by atoms with Gasteiger partial charge in [-0.15, -0.1) is 0 Å². The lowest BCUT2D eigenvalue weighted by Gasteiger charge is -2.44. The van der Waals surface area contributed by atoms with Crippen molar-refractivity contribution in [1.82, 2.24) is 24.8 Å². The molecule has 268 valence electrons. The van der Waals surface area contributed by atoms with E-state index in [1.807, 2.05) is 12.1 Å². The van der Waals surface area contributed by atoms with E-state index in [1.165, 1.54) is 11.7 Å². The quantitative estimate of drug-likeness (QED) is 0.235. The van der Waals surface area contributed by atoms with Crippen LogP contribution >= 0.6 is 11.6 Å². The van der Waals surface area contributed by atoms with Gasteiger partial charge in [0.2, 0.25) is 11.8 Å². The van der Waals surface area contributed by atoms with Crippen LogP contribution in [0, 0.1) is 11.8 Å². The number of carbonyl (C=O) groups is 2. The average molecular weight is 720 g/mol. The zero-order valence-corrected chi connectivity index (χ0v) is 29.3. The number of aromatic nitrogens is 3. The van der Waals surface area contributed by atoms with Gasteiger partial charge in [0.05, 0.1) is 30.9 Å². The number of alkyl halides is 2. The summed E-state index contributed by atoms with van der Waals surface area (Å²) in [5.41, 5.74) is 2.93. The molecule has 7 rings (SSSR count). The number of ether oxygens (including phenoxy) is 1. The molecule has 0 bridgehead atoms. The molecule has 0 aliphatic carbocycles. The van der Waals surface area contributed by atoms with Crippen molar-refractivity contribution in [3.63, 3.8) is 0 Å². The minimum absolute atomic E-state index is 0.0934. The number of halogens is 3. The number of methoxy groups -OCH3 is 1. The van der Waals surface area contributed by atoms with E-state index in [-0.39, 0.29) is 42.8 Å². The van der Waals surface area contributed by atoms with Crippen molar-refractivity contribution < 1.29 is 23.1 Å². The van der Waals surface area contributed by atoms with Gasteiger partial charge in [-0.3, -0.25) is 29.6 Å². The highest BCUT2D eigenvalue weighted by Gasteiger charge is 2.48. The number of aryl methyl sites for hydroxylation is 1. The van der Waals surface area contributed by atoms with Crippen molar-refractivity contribution in [3.8, 4) is 16.9 Å². The Hall–Kier alpha value is -4.62. The Labute approximate surface area is 298 Å². The number of piperidine rings is 3. The van der Waals surface area contributed by atoms with Gasteiger partial charge in [0.25, 0.3) is 11.5 Å². The predicted molar refractivity (Wildman–Crippen MR) is 191 cm³/mol. The summed E-state index contributed by atoms with van der Waals surface area (Å²) in [4.78, 5) is 48.7. The molecule has 14 heteroatoms. The number of rotatable bonds is 8. The van der Waals surface area contributed by atoms with E-state index in [1.54, 1.807) is 54.9 Å². The molecule has 3 saturated heterocycles. The van der Waals surface area contributed by atoms with Crippen molar-refractivity contribution in [2.75, 3.05) is 43.5 Å². The lowest BCUT2D eigenvalue weighted by atomic mass is 9.76. The van der Waals surface area contributed by atoms with Crippen LogP contribution in [0.5, 0.6) is 5.75 Å². The number of amides is 2. The van der Waals surface area contributed by atoms with Gasteiger partial charge in [-0.25, -0.2) is 13.8 Å². The first kappa shape index (κ1) is 34.8. The summed E-state index contributed by atoms with van der Waals surface area (Å²) in [6.45, 7) is 1.70. The van der Waals surface area contributed by atoms with Crippen molar-refractivity contribution in [3.05, 3.63) is 76.1 Å². The van der Waals surface area contributed by atoms with Gasteiger partial charge < -0.3 is 19.5 Å². The third-order valence-electron chi connectivity index (χ3n) is 10.6. The Balaban J connectivity index is 0.974. The molecule has 11 nitrogen and oxygen atoms in total. The molecule has 6 heterocycles.